The summed E-state index contributed by atoms with van der Waals surface area (Å²) < 4.78 is 11.5. The van der Waals surface area contributed by atoms with Gasteiger partial charge in [-0.3, -0.25) is 9.69 Å². The molecule has 4 rings (SSSR count). The normalized spacial score (nSPS) is 32.0. The molecule has 6 heteroatoms. The van der Waals surface area contributed by atoms with Crippen LogP contribution < -0.4 is 0 Å². The lowest BCUT2D eigenvalue weighted by atomic mass is 9.98. The molecule has 3 aliphatic rings. The predicted octanol–water partition coefficient (Wildman–Crippen LogP) is 1.73. The van der Waals surface area contributed by atoms with Gasteiger partial charge in [-0.1, -0.05) is 0 Å². The number of fused-ring (bicyclic) bond motifs is 1. The molecule has 0 unspecified atom stereocenters. The maximum atomic E-state index is 12.6. The number of hydrogen-bond acceptors (Lipinski definition) is 5. The smallest absolute Gasteiger partial charge is 0.251 e. The standard InChI is InChI=1S/C17H24N2O3S/c20-17(18-6-8-21-9-7-18)16-2-1-14-15(22-16)3-5-19(14)11-13-4-10-23-12-13/h4,10,12,14-16H,1-3,5-9,11H2/t14-,15-,16-/m1/s1. The summed E-state index contributed by atoms with van der Waals surface area (Å²) in [5, 5.41) is 4.36. The van der Waals surface area contributed by atoms with Crippen molar-refractivity contribution in [3.63, 3.8) is 0 Å². The van der Waals surface area contributed by atoms with Crippen LogP contribution >= 0.6 is 11.3 Å². The lowest BCUT2D eigenvalue weighted by molar-refractivity contribution is -0.158. The summed E-state index contributed by atoms with van der Waals surface area (Å²) in [6.45, 7) is 4.80. The Morgan fingerprint density at radius 3 is 2.87 bits per heavy atom. The number of morpholine rings is 1. The van der Waals surface area contributed by atoms with Crippen molar-refractivity contribution in [3.8, 4) is 0 Å². The van der Waals surface area contributed by atoms with Crippen LogP contribution in [0.3, 0.4) is 0 Å². The Labute approximate surface area is 141 Å². The van der Waals surface area contributed by atoms with Gasteiger partial charge in [0.2, 0.25) is 0 Å². The van der Waals surface area contributed by atoms with Crippen molar-refractivity contribution in [3.05, 3.63) is 22.4 Å². The summed E-state index contributed by atoms with van der Waals surface area (Å²) in [4.78, 5) is 17.1. The summed E-state index contributed by atoms with van der Waals surface area (Å²) in [7, 11) is 0. The van der Waals surface area contributed by atoms with Gasteiger partial charge in [0.05, 0.1) is 19.3 Å². The van der Waals surface area contributed by atoms with Gasteiger partial charge in [0, 0.05) is 32.2 Å². The highest BCUT2D eigenvalue weighted by atomic mass is 32.1. The number of thiophene rings is 1. The Morgan fingerprint density at radius 1 is 1.22 bits per heavy atom. The highest BCUT2D eigenvalue weighted by Crippen LogP contribution is 2.33. The first-order valence-electron chi connectivity index (χ1n) is 8.58. The van der Waals surface area contributed by atoms with Gasteiger partial charge >= 0.3 is 0 Å². The summed E-state index contributed by atoms with van der Waals surface area (Å²) in [6.07, 6.45) is 2.93. The molecule has 0 spiro atoms. The Bertz CT molecular complexity index is 530. The van der Waals surface area contributed by atoms with Gasteiger partial charge in [-0.2, -0.15) is 11.3 Å². The summed E-state index contributed by atoms with van der Waals surface area (Å²) in [6, 6.07) is 2.68. The Hall–Kier alpha value is -0.950. The molecule has 1 aromatic rings. The van der Waals surface area contributed by atoms with E-state index in [0.29, 0.717) is 32.3 Å². The molecule has 0 saturated carbocycles. The lowest BCUT2D eigenvalue weighted by Crippen LogP contribution is -2.51. The fraction of sp³-hybridized carbons (Fsp3) is 0.706. The van der Waals surface area contributed by atoms with Gasteiger partial charge in [0.15, 0.2) is 0 Å². The number of rotatable bonds is 3. The molecule has 1 aromatic heterocycles. The summed E-state index contributed by atoms with van der Waals surface area (Å²) in [5.74, 6) is 0.169. The number of likely N-dealkylation sites (tertiary alicyclic amines) is 1. The molecule has 126 valence electrons. The number of carbonyl (C=O) groups excluding carboxylic acids is 1. The van der Waals surface area contributed by atoms with Crippen molar-refractivity contribution in [2.45, 2.75) is 44.1 Å². The largest absolute Gasteiger partial charge is 0.378 e. The fourth-order valence-corrected chi connectivity index (χ4v) is 4.66. The average Bonchev–Trinajstić information content (AvgIpc) is 3.25. The van der Waals surface area contributed by atoms with Crippen LogP contribution in [-0.4, -0.2) is 66.8 Å². The number of ether oxygens (including phenoxy) is 2. The number of amides is 1. The molecular formula is C17H24N2O3S. The number of hydrogen-bond donors (Lipinski definition) is 0. The van der Waals surface area contributed by atoms with E-state index in [2.05, 4.69) is 21.7 Å². The number of nitrogens with zero attached hydrogens (tertiary/aromatic N) is 2. The third-order valence-electron chi connectivity index (χ3n) is 5.23. The van der Waals surface area contributed by atoms with Crippen LogP contribution in [0, 0.1) is 0 Å². The molecule has 23 heavy (non-hydrogen) atoms. The quantitative estimate of drug-likeness (QED) is 0.843. The average molecular weight is 336 g/mol. The highest BCUT2D eigenvalue weighted by Gasteiger charge is 2.42. The van der Waals surface area contributed by atoms with E-state index >= 15 is 0 Å². The first-order chi connectivity index (χ1) is 11.3. The molecule has 4 heterocycles. The highest BCUT2D eigenvalue weighted by molar-refractivity contribution is 7.07. The fourth-order valence-electron chi connectivity index (χ4n) is 4.00. The zero-order valence-electron chi connectivity index (χ0n) is 13.4. The maximum Gasteiger partial charge on any atom is 0.251 e. The first kappa shape index (κ1) is 15.6. The minimum absolute atomic E-state index is 0.169. The third kappa shape index (κ3) is 3.31. The molecule has 0 radical (unpaired) electrons. The van der Waals surface area contributed by atoms with Crippen LogP contribution in [0.5, 0.6) is 0 Å². The molecule has 1 amide bonds. The molecule has 5 nitrogen and oxygen atoms in total. The van der Waals surface area contributed by atoms with Crippen LogP contribution in [0.4, 0.5) is 0 Å². The second kappa shape index (κ2) is 6.89. The molecular weight excluding hydrogens is 312 g/mol. The SMILES string of the molecule is O=C([C@H]1CC[C@@H]2[C@@H](CCN2Cc2ccsc2)O1)N1CCOCC1. The minimum Gasteiger partial charge on any atom is -0.378 e. The van der Waals surface area contributed by atoms with Crippen LogP contribution in [0.1, 0.15) is 24.8 Å². The minimum atomic E-state index is -0.240. The van der Waals surface area contributed by atoms with Crippen LogP contribution in [0.15, 0.2) is 16.8 Å². The molecule has 0 N–H and O–H groups in total. The topological polar surface area (TPSA) is 42.0 Å². The molecule has 0 bridgehead atoms. The Morgan fingerprint density at radius 2 is 2.09 bits per heavy atom. The van der Waals surface area contributed by atoms with Crippen LogP contribution in [0.2, 0.25) is 0 Å². The monoisotopic (exact) mass is 336 g/mol. The molecule has 0 aliphatic carbocycles. The van der Waals surface area contributed by atoms with Crippen molar-refractivity contribution in [1.29, 1.82) is 0 Å². The molecule has 3 saturated heterocycles. The van der Waals surface area contributed by atoms with Crippen molar-refractivity contribution in [2.24, 2.45) is 0 Å². The zero-order chi connectivity index (χ0) is 15.6. The summed E-state index contributed by atoms with van der Waals surface area (Å²) >= 11 is 1.75. The van der Waals surface area contributed by atoms with Crippen molar-refractivity contribution < 1.29 is 14.3 Å². The second-order valence-electron chi connectivity index (χ2n) is 6.64. The Kier molecular flexibility index (Phi) is 4.66. The van der Waals surface area contributed by atoms with Crippen LogP contribution in [-0.2, 0) is 20.8 Å². The van der Waals surface area contributed by atoms with Crippen molar-refractivity contribution in [2.75, 3.05) is 32.8 Å². The van der Waals surface area contributed by atoms with Crippen molar-refractivity contribution in [1.82, 2.24) is 9.80 Å². The van der Waals surface area contributed by atoms with E-state index in [1.54, 1.807) is 11.3 Å². The zero-order valence-corrected chi connectivity index (χ0v) is 14.2. The van der Waals surface area contributed by atoms with Crippen LogP contribution in [0.25, 0.3) is 0 Å². The summed E-state index contributed by atoms with van der Waals surface area (Å²) in [5.41, 5.74) is 1.39. The van der Waals surface area contributed by atoms with E-state index in [0.717, 1.165) is 32.4 Å². The lowest BCUT2D eigenvalue weighted by Gasteiger charge is -2.38. The molecule has 3 aliphatic heterocycles. The van der Waals surface area contributed by atoms with E-state index in [1.165, 1.54) is 5.56 Å². The van der Waals surface area contributed by atoms with E-state index < -0.39 is 0 Å². The van der Waals surface area contributed by atoms with Gasteiger partial charge in [0.1, 0.15) is 6.10 Å². The van der Waals surface area contributed by atoms with E-state index in [1.807, 2.05) is 4.90 Å². The third-order valence-corrected chi connectivity index (χ3v) is 5.96. The molecule has 3 fully saturated rings. The Balaban J connectivity index is 1.34. The van der Waals surface area contributed by atoms with Gasteiger partial charge in [-0.15, -0.1) is 0 Å². The second-order valence-corrected chi connectivity index (χ2v) is 7.42. The number of carbonyl (C=O) groups is 1. The van der Waals surface area contributed by atoms with E-state index in [4.69, 9.17) is 9.47 Å². The molecule has 0 aromatic carbocycles. The first-order valence-corrected chi connectivity index (χ1v) is 9.52. The molecule has 3 atom stereocenters. The van der Waals surface area contributed by atoms with Crippen molar-refractivity contribution >= 4 is 17.2 Å². The van der Waals surface area contributed by atoms with Gasteiger partial charge in [0.25, 0.3) is 5.91 Å². The van der Waals surface area contributed by atoms with Gasteiger partial charge in [-0.25, -0.2) is 0 Å². The predicted molar refractivity (Wildman–Crippen MR) is 88.4 cm³/mol. The van der Waals surface area contributed by atoms with E-state index in [9.17, 15) is 4.79 Å². The van der Waals surface area contributed by atoms with Gasteiger partial charge in [-0.05, 0) is 41.7 Å². The maximum absolute atomic E-state index is 12.6. The van der Waals surface area contributed by atoms with E-state index in [-0.39, 0.29) is 18.1 Å². The van der Waals surface area contributed by atoms with Gasteiger partial charge < -0.3 is 14.4 Å².